The number of hydrogen-bond acceptors (Lipinski definition) is 6. The average molecular weight is 380 g/mol. The van der Waals surface area contributed by atoms with Crippen LogP contribution in [0.4, 0.5) is 0 Å². The second kappa shape index (κ2) is 13.1. The Kier molecular flexibility index (Phi) is 11.2. The number of carbonyl (C=O) groups excluding carboxylic acids is 2. The first-order chi connectivity index (χ1) is 13.0. The van der Waals surface area contributed by atoms with Crippen molar-refractivity contribution in [2.24, 2.45) is 0 Å². The third-order valence-corrected chi connectivity index (χ3v) is 4.28. The molecule has 0 spiro atoms. The Morgan fingerprint density at radius 2 is 2.04 bits per heavy atom. The smallest absolute Gasteiger partial charge is 0.302 e. The highest BCUT2D eigenvalue weighted by Crippen LogP contribution is 2.28. The number of carbonyl (C=O) groups is 2. The Hall–Kier alpha value is -2.08. The molecule has 0 aromatic heterocycles. The van der Waals surface area contributed by atoms with Crippen molar-refractivity contribution < 1.29 is 29.3 Å². The third-order valence-electron chi connectivity index (χ3n) is 4.28. The van der Waals surface area contributed by atoms with Crippen molar-refractivity contribution in [1.82, 2.24) is 0 Å². The van der Waals surface area contributed by atoms with Gasteiger partial charge in [0, 0.05) is 19.8 Å². The van der Waals surface area contributed by atoms with Crippen LogP contribution in [0, 0.1) is 0 Å². The van der Waals surface area contributed by atoms with Crippen LogP contribution in [0.2, 0.25) is 0 Å². The van der Waals surface area contributed by atoms with Gasteiger partial charge in [-0.3, -0.25) is 4.79 Å². The van der Waals surface area contributed by atoms with Gasteiger partial charge in [-0.2, -0.15) is 0 Å². The Morgan fingerprint density at radius 3 is 2.70 bits per heavy atom. The number of aliphatic hydroxyl groups excluding tert-OH is 1. The summed E-state index contributed by atoms with van der Waals surface area (Å²) >= 11 is 0. The van der Waals surface area contributed by atoms with Crippen molar-refractivity contribution in [3.63, 3.8) is 0 Å². The summed E-state index contributed by atoms with van der Waals surface area (Å²) in [5.74, 6) is -0.00475. The van der Waals surface area contributed by atoms with Crippen LogP contribution in [-0.2, 0) is 20.7 Å². The molecular weight excluding hydrogens is 348 g/mol. The van der Waals surface area contributed by atoms with Crippen LogP contribution in [0.5, 0.6) is 11.5 Å². The molecular formula is C21H32O6. The lowest BCUT2D eigenvalue weighted by atomic mass is 9.99. The Balaban J connectivity index is 2.61. The lowest BCUT2D eigenvalue weighted by Crippen LogP contribution is -2.23. The summed E-state index contributed by atoms with van der Waals surface area (Å²) in [6, 6.07) is 5.05. The van der Waals surface area contributed by atoms with Crippen LogP contribution in [0.3, 0.4) is 0 Å². The van der Waals surface area contributed by atoms with Gasteiger partial charge in [0.05, 0.1) is 12.7 Å². The molecule has 0 unspecified atom stereocenters. The van der Waals surface area contributed by atoms with E-state index in [0.717, 1.165) is 31.1 Å². The minimum atomic E-state index is -0.483. The summed E-state index contributed by atoms with van der Waals surface area (Å²) in [6.07, 6.45) is 5.63. The van der Waals surface area contributed by atoms with E-state index in [-0.39, 0.29) is 30.9 Å². The number of aryl methyl sites for hydroxylation is 1. The summed E-state index contributed by atoms with van der Waals surface area (Å²) in [7, 11) is 0. The van der Waals surface area contributed by atoms with Crippen LogP contribution in [0.15, 0.2) is 18.2 Å². The number of aldehydes is 1. The number of benzene rings is 1. The van der Waals surface area contributed by atoms with Gasteiger partial charge in [-0.25, -0.2) is 0 Å². The summed E-state index contributed by atoms with van der Waals surface area (Å²) in [5, 5.41) is 20.0. The van der Waals surface area contributed by atoms with Crippen molar-refractivity contribution in [2.75, 3.05) is 6.61 Å². The topological polar surface area (TPSA) is 93.1 Å². The van der Waals surface area contributed by atoms with Crippen molar-refractivity contribution in [3.05, 3.63) is 23.8 Å². The molecule has 0 aliphatic rings. The fourth-order valence-electron chi connectivity index (χ4n) is 2.89. The molecule has 0 radical (unpaired) electrons. The van der Waals surface area contributed by atoms with E-state index in [2.05, 4.69) is 6.92 Å². The number of aromatic hydroxyl groups is 1. The Bertz CT molecular complexity index is 572. The van der Waals surface area contributed by atoms with Gasteiger partial charge >= 0.3 is 5.97 Å². The van der Waals surface area contributed by atoms with Crippen LogP contribution >= 0.6 is 0 Å². The van der Waals surface area contributed by atoms with E-state index in [4.69, 9.17) is 9.47 Å². The number of phenols is 1. The molecule has 0 fully saturated rings. The van der Waals surface area contributed by atoms with Crippen molar-refractivity contribution >= 4 is 12.3 Å². The minimum Gasteiger partial charge on any atom is -0.504 e. The summed E-state index contributed by atoms with van der Waals surface area (Å²) in [6.45, 7) is 3.69. The maximum Gasteiger partial charge on any atom is 0.302 e. The van der Waals surface area contributed by atoms with Gasteiger partial charge in [0.2, 0.25) is 0 Å². The molecule has 1 aromatic rings. The van der Waals surface area contributed by atoms with Gasteiger partial charge in [0.15, 0.2) is 11.5 Å². The standard InChI is InChI=1S/C21H32O6/c1-3-4-5-7-18(24)15-19(27-16(2)23)10-8-17-9-11-20(25)21(14-17)26-13-6-12-22/h9,11-12,14,18-19,24-25H,3-8,10,13,15H2,1-2H3/t18-,19+/m0/s1. The van der Waals surface area contributed by atoms with Crippen LogP contribution in [0.1, 0.15) is 64.4 Å². The molecule has 152 valence electrons. The first kappa shape index (κ1) is 23.0. The number of unbranched alkanes of at least 4 members (excludes halogenated alkanes) is 2. The molecule has 0 aliphatic carbocycles. The van der Waals surface area contributed by atoms with Gasteiger partial charge in [-0.05, 0) is 37.0 Å². The van der Waals surface area contributed by atoms with Crippen molar-refractivity contribution in [1.29, 1.82) is 0 Å². The second-order valence-electron chi connectivity index (χ2n) is 6.76. The fourth-order valence-corrected chi connectivity index (χ4v) is 2.89. The molecule has 0 saturated heterocycles. The normalized spacial score (nSPS) is 13.0. The SMILES string of the molecule is CCCCC[C@H](O)C[C@@H](CCc1ccc(O)c(OCCC=O)c1)OC(C)=O. The number of ether oxygens (including phenoxy) is 2. The first-order valence-electron chi connectivity index (χ1n) is 9.69. The number of aliphatic hydroxyl groups is 1. The van der Waals surface area contributed by atoms with Crippen LogP contribution in [-0.4, -0.2) is 41.3 Å². The van der Waals surface area contributed by atoms with E-state index >= 15 is 0 Å². The summed E-state index contributed by atoms with van der Waals surface area (Å²) in [4.78, 5) is 21.7. The molecule has 0 saturated carbocycles. The van der Waals surface area contributed by atoms with E-state index in [0.29, 0.717) is 31.4 Å². The zero-order valence-corrected chi connectivity index (χ0v) is 16.4. The largest absolute Gasteiger partial charge is 0.504 e. The van der Waals surface area contributed by atoms with Gasteiger partial charge in [-0.15, -0.1) is 0 Å². The Morgan fingerprint density at radius 1 is 1.26 bits per heavy atom. The zero-order valence-electron chi connectivity index (χ0n) is 16.4. The maximum absolute atomic E-state index is 11.4. The number of phenolic OH excluding ortho intramolecular Hbond substituents is 1. The minimum absolute atomic E-state index is 0.0209. The number of rotatable bonds is 14. The van der Waals surface area contributed by atoms with E-state index in [1.165, 1.54) is 6.92 Å². The van der Waals surface area contributed by atoms with E-state index in [1.807, 2.05) is 0 Å². The van der Waals surface area contributed by atoms with Gasteiger partial charge in [-0.1, -0.05) is 32.3 Å². The molecule has 1 rings (SSSR count). The predicted molar refractivity (Wildman–Crippen MR) is 103 cm³/mol. The molecule has 0 heterocycles. The van der Waals surface area contributed by atoms with Gasteiger partial charge in [0.1, 0.15) is 12.4 Å². The molecule has 0 aliphatic heterocycles. The number of esters is 1. The average Bonchev–Trinajstić information content (AvgIpc) is 2.62. The predicted octanol–water partition coefficient (Wildman–Crippen LogP) is 3.56. The molecule has 27 heavy (non-hydrogen) atoms. The molecule has 6 heteroatoms. The second-order valence-corrected chi connectivity index (χ2v) is 6.76. The van der Waals surface area contributed by atoms with E-state index in [9.17, 15) is 19.8 Å². The monoisotopic (exact) mass is 380 g/mol. The Labute approximate surface area is 161 Å². The van der Waals surface area contributed by atoms with Crippen LogP contribution < -0.4 is 4.74 Å². The summed E-state index contributed by atoms with van der Waals surface area (Å²) in [5.41, 5.74) is 0.923. The van der Waals surface area contributed by atoms with Crippen molar-refractivity contribution in [3.8, 4) is 11.5 Å². The highest BCUT2D eigenvalue weighted by Gasteiger charge is 2.18. The first-order valence-corrected chi connectivity index (χ1v) is 9.69. The maximum atomic E-state index is 11.4. The van der Waals surface area contributed by atoms with Crippen LogP contribution in [0.25, 0.3) is 0 Å². The molecule has 2 atom stereocenters. The number of hydrogen-bond donors (Lipinski definition) is 2. The zero-order chi connectivity index (χ0) is 20.1. The fraction of sp³-hybridized carbons (Fsp3) is 0.619. The highest BCUT2D eigenvalue weighted by atomic mass is 16.5. The van der Waals surface area contributed by atoms with Gasteiger partial charge < -0.3 is 24.5 Å². The summed E-state index contributed by atoms with van der Waals surface area (Å²) < 4.78 is 10.8. The lowest BCUT2D eigenvalue weighted by Gasteiger charge is -2.20. The molecule has 6 nitrogen and oxygen atoms in total. The molecule has 0 bridgehead atoms. The van der Waals surface area contributed by atoms with Crippen molar-refractivity contribution in [2.45, 2.75) is 77.4 Å². The van der Waals surface area contributed by atoms with E-state index in [1.54, 1.807) is 18.2 Å². The third kappa shape index (κ3) is 9.99. The lowest BCUT2D eigenvalue weighted by molar-refractivity contribution is -0.148. The molecule has 1 aromatic carbocycles. The molecule has 0 amide bonds. The van der Waals surface area contributed by atoms with Gasteiger partial charge in [0.25, 0.3) is 0 Å². The highest BCUT2D eigenvalue weighted by molar-refractivity contribution is 5.66. The quantitative estimate of drug-likeness (QED) is 0.291. The molecule has 2 N–H and O–H groups in total. The van der Waals surface area contributed by atoms with E-state index < -0.39 is 6.10 Å².